The number of ether oxygens (including phenoxy) is 1. The fourth-order valence-electron chi connectivity index (χ4n) is 1.17. The molecule has 0 aliphatic rings. The van der Waals surface area contributed by atoms with Crippen LogP contribution in [0, 0.1) is 17.1 Å². The highest BCUT2D eigenvalue weighted by Gasteiger charge is 2.11. The number of thioether (sulfide) groups is 1. The molecule has 5 heteroatoms. The Hall–Kier alpha value is -1.54. The first-order valence-corrected chi connectivity index (χ1v) is 6.04. The molecule has 0 atom stereocenters. The Morgan fingerprint density at radius 2 is 2.29 bits per heavy atom. The molecule has 0 bridgehead atoms. The summed E-state index contributed by atoms with van der Waals surface area (Å²) in [4.78, 5) is 11.7. The van der Waals surface area contributed by atoms with E-state index in [2.05, 4.69) is 0 Å². The van der Waals surface area contributed by atoms with E-state index in [1.807, 2.05) is 0 Å². The molecule has 1 aromatic carbocycles. The molecular formula is C12H12FNO2S. The minimum absolute atomic E-state index is 0.0325. The van der Waals surface area contributed by atoms with E-state index in [1.165, 1.54) is 12.1 Å². The SMILES string of the molecule is CC(C)OC(=O)CSc1cccc(F)c1C#N. The van der Waals surface area contributed by atoms with Gasteiger partial charge in [-0.15, -0.1) is 11.8 Å². The molecule has 0 aliphatic carbocycles. The Labute approximate surface area is 104 Å². The van der Waals surface area contributed by atoms with Gasteiger partial charge in [-0.1, -0.05) is 6.07 Å². The van der Waals surface area contributed by atoms with Crippen LogP contribution in [0.25, 0.3) is 0 Å². The van der Waals surface area contributed by atoms with Gasteiger partial charge in [0.15, 0.2) is 0 Å². The average Bonchev–Trinajstić information content (AvgIpc) is 2.25. The van der Waals surface area contributed by atoms with E-state index in [0.717, 1.165) is 11.8 Å². The van der Waals surface area contributed by atoms with Crippen LogP contribution >= 0.6 is 11.8 Å². The molecule has 90 valence electrons. The van der Waals surface area contributed by atoms with Crippen molar-refractivity contribution < 1.29 is 13.9 Å². The number of carbonyl (C=O) groups is 1. The molecule has 1 aromatic rings. The number of hydrogen-bond donors (Lipinski definition) is 0. The van der Waals surface area contributed by atoms with Crippen molar-refractivity contribution in [2.24, 2.45) is 0 Å². The zero-order valence-corrected chi connectivity index (χ0v) is 10.4. The van der Waals surface area contributed by atoms with Crippen molar-refractivity contribution >= 4 is 17.7 Å². The number of nitrogens with zero attached hydrogens (tertiary/aromatic N) is 1. The summed E-state index contributed by atoms with van der Waals surface area (Å²) in [5, 5.41) is 8.79. The summed E-state index contributed by atoms with van der Waals surface area (Å²) in [5.74, 6) is -0.885. The van der Waals surface area contributed by atoms with Gasteiger partial charge < -0.3 is 4.74 Å². The zero-order chi connectivity index (χ0) is 12.8. The van der Waals surface area contributed by atoms with Gasteiger partial charge in [-0.05, 0) is 26.0 Å². The Balaban J connectivity index is 2.67. The van der Waals surface area contributed by atoms with Crippen molar-refractivity contribution in [2.45, 2.75) is 24.8 Å². The summed E-state index contributed by atoms with van der Waals surface area (Å²) in [6.45, 7) is 3.51. The van der Waals surface area contributed by atoms with E-state index >= 15 is 0 Å². The summed E-state index contributed by atoms with van der Waals surface area (Å²) in [5.41, 5.74) is -0.0325. The maximum Gasteiger partial charge on any atom is 0.316 e. The van der Waals surface area contributed by atoms with Crippen LogP contribution < -0.4 is 0 Å². The third kappa shape index (κ3) is 4.08. The predicted octanol–water partition coefficient (Wildman–Crippen LogP) is 2.74. The molecule has 1 rings (SSSR count). The lowest BCUT2D eigenvalue weighted by molar-refractivity contribution is -0.144. The predicted molar refractivity (Wildman–Crippen MR) is 63.1 cm³/mol. The van der Waals surface area contributed by atoms with Gasteiger partial charge in [0.25, 0.3) is 0 Å². The summed E-state index contributed by atoms with van der Waals surface area (Å²) >= 11 is 1.10. The summed E-state index contributed by atoms with van der Waals surface area (Å²) in [7, 11) is 0. The number of esters is 1. The van der Waals surface area contributed by atoms with Gasteiger partial charge in [-0.3, -0.25) is 4.79 Å². The van der Waals surface area contributed by atoms with Crippen molar-refractivity contribution in [1.29, 1.82) is 5.26 Å². The number of rotatable bonds is 4. The smallest absolute Gasteiger partial charge is 0.316 e. The number of halogens is 1. The molecule has 0 radical (unpaired) electrons. The second-order valence-electron chi connectivity index (χ2n) is 3.55. The van der Waals surface area contributed by atoms with Crippen LogP contribution in [-0.4, -0.2) is 17.8 Å². The van der Waals surface area contributed by atoms with E-state index in [4.69, 9.17) is 10.00 Å². The number of benzene rings is 1. The third-order valence-corrected chi connectivity index (χ3v) is 2.83. The normalized spacial score (nSPS) is 10.1. The highest BCUT2D eigenvalue weighted by atomic mass is 32.2. The van der Waals surface area contributed by atoms with Crippen LogP contribution in [0.3, 0.4) is 0 Å². The van der Waals surface area contributed by atoms with Gasteiger partial charge >= 0.3 is 5.97 Å². The Bertz CT molecular complexity index is 454. The molecule has 0 aromatic heterocycles. The first-order chi connectivity index (χ1) is 8.04. The van der Waals surface area contributed by atoms with Gasteiger partial charge in [0.1, 0.15) is 17.4 Å². The van der Waals surface area contributed by atoms with Crippen molar-refractivity contribution in [3.8, 4) is 6.07 Å². The van der Waals surface area contributed by atoms with Crippen molar-refractivity contribution in [3.05, 3.63) is 29.6 Å². The molecule has 0 amide bonds. The lowest BCUT2D eigenvalue weighted by Crippen LogP contribution is -2.13. The van der Waals surface area contributed by atoms with Gasteiger partial charge in [0.05, 0.1) is 11.9 Å². The standard InChI is InChI=1S/C12H12FNO2S/c1-8(2)16-12(15)7-17-11-5-3-4-10(13)9(11)6-14/h3-5,8H,7H2,1-2H3. The maximum absolute atomic E-state index is 13.2. The molecular weight excluding hydrogens is 241 g/mol. The topological polar surface area (TPSA) is 50.1 Å². The lowest BCUT2D eigenvalue weighted by atomic mass is 10.2. The quantitative estimate of drug-likeness (QED) is 0.611. The van der Waals surface area contributed by atoms with Crippen molar-refractivity contribution in [3.63, 3.8) is 0 Å². The fraction of sp³-hybridized carbons (Fsp3) is 0.333. The molecule has 3 nitrogen and oxygen atoms in total. The van der Waals surface area contributed by atoms with Crippen molar-refractivity contribution in [1.82, 2.24) is 0 Å². The second kappa shape index (κ2) is 6.26. The summed E-state index contributed by atoms with van der Waals surface area (Å²) in [6, 6.07) is 6.11. The van der Waals surface area contributed by atoms with Crippen LogP contribution in [0.4, 0.5) is 4.39 Å². The highest BCUT2D eigenvalue weighted by molar-refractivity contribution is 8.00. The average molecular weight is 253 g/mol. The van der Waals surface area contributed by atoms with E-state index in [0.29, 0.717) is 4.90 Å². The largest absolute Gasteiger partial charge is 0.462 e. The monoisotopic (exact) mass is 253 g/mol. The molecule has 0 N–H and O–H groups in total. The fourth-order valence-corrected chi connectivity index (χ4v) is 1.97. The molecule has 0 saturated heterocycles. The van der Waals surface area contributed by atoms with Gasteiger partial charge in [-0.2, -0.15) is 5.26 Å². The minimum Gasteiger partial charge on any atom is -0.462 e. The number of hydrogen-bond acceptors (Lipinski definition) is 4. The lowest BCUT2D eigenvalue weighted by Gasteiger charge is -2.08. The Morgan fingerprint density at radius 1 is 1.59 bits per heavy atom. The van der Waals surface area contributed by atoms with E-state index in [9.17, 15) is 9.18 Å². The van der Waals surface area contributed by atoms with Gasteiger partial charge in [0.2, 0.25) is 0 Å². The van der Waals surface area contributed by atoms with E-state index < -0.39 is 5.82 Å². The van der Waals surface area contributed by atoms with Gasteiger partial charge in [-0.25, -0.2) is 4.39 Å². The van der Waals surface area contributed by atoms with E-state index in [-0.39, 0.29) is 23.4 Å². The molecule has 0 fully saturated rings. The first-order valence-electron chi connectivity index (χ1n) is 5.05. The minimum atomic E-state index is -0.574. The Morgan fingerprint density at radius 3 is 2.88 bits per heavy atom. The number of nitriles is 1. The summed E-state index contributed by atoms with van der Waals surface area (Å²) in [6.07, 6.45) is -0.175. The van der Waals surface area contributed by atoms with Crippen LogP contribution in [0.1, 0.15) is 19.4 Å². The summed E-state index contributed by atoms with van der Waals surface area (Å²) < 4.78 is 18.2. The van der Waals surface area contributed by atoms with Crippen LogP contribution in [0.2, 0.25) is 0 Å². The van der Waals surface area contributed by atoms with Crippen LogP contribution in [-0.2, 0) is 9.53 Å². The Kier molecular flexibility index (Phi) is 4.98. The molecule has 0 saturated carbocycles. The van der Waals surface area contributed by atoms with E-state index in [1.54, 1.807) is 26.0 Å². The van der Waals surface area contributed by atoms with Crippen molar-refractivity contribution in [2.75, 3.05) is 5.75 Å². The molecule has 0 spiro atoms. The third-order valence-electron chi connectivity index (χ3n) is 1.80. The molecule has 0 heterocycles. The molecule has 0 unspecified atom stereocenters. The zero-order valence-electron chi connectivity index (χ0n) is 9.57. The number of carbonyl (C=O) groups excluding carboxylic acids is 1. The maximum atomic E-state index is 13.2. The van der Waals surface area contributed by atoms with Gasteiger partial charge in [0, 0.05) is 4.90 Å². The highest BCUT2D eigenvalue weighted by Crippen LogP contribution is 2.24. The van der Waals surface area contributed by atoms with Crippen LogP contribution in [0.15, 0.2) is 23.1 Å². The second-order valence-corrected chi connectivity index (χ2v) is 4.57. The molecule has 17 heavy (non-hydrogen) atoms. The first kappa shape index (κ1) is 13.5. The van der Waals surface area contributed by atoms with Crippen LogP contribution in [0.5, 0.6) is 0 Å². The molecule has 0 aliphatic heterocycles.